The van der Waals surface area contributed by atoms with Gasteiger partial charge in [0.1, 0.15) is 11.5 Å². The third-order valence-corrected chi connectivity index (χ3v) is 2.82. The van der Waals surface area contributed by atoms with Crippen LogP contribution in [0, 0.1) is 4.78 Å². The highest BCUT2D eigenvalue weighted by Gasteiger charge is 1.96. The molecule has 0 aliphatic rings. The van der Waals surface area contributed by atoms with Crippen molar-refractivity contribution in [3.63, 3.8) is 0 Å². The second-order valence-corrected chi connectivity index (χ2v) is 4.42. The van der Waals surface area contributed by atoms with Crippen molar-refractivity contribution >= 4 is 16.3 Å². The summed E-state index contributed by atoms with van der Waals surface area (Å²) in [6, 6.07) is 13.6. The maximum absolute atomic E-state index is 11.0. The topological polar surface area (TPSA) is 76.2 Å². The molecule has 2 rings (SSSR count). The van der Waals surface area contributed by atoms with Crippen molar-refractivity contribution in [1.82, 2.24) is 0 Å². The van der Waals surface area contributed by atoms with Gasteiger partial charge in [-0.25, -0.2) is 0 Å². The highest BCUT2D eigenvalue weighted by Crippen LogP contribution is 2.23. The van der Waals surface area contributed by atoms with Crippen LogP contribution < -0.4 is 10.5 Å². The molecule has 0 amide bonds. The number of hydrogen-bond donors (Lipinski definition) is 2. The Morgan fingerprint density at radius 2 is 1.76 bits per heavy atom. The monoisotopic (exact) mass is 247 g/mol. The van der Waals surface area contributed by atoms with Crippen molar-refractivity contribution in [2.24, 2.45) is 0 Å². The Hall–Kier alpha value is -2.01. The maximum atomic E-state index is 11.0. The summed E-state index contributed by atoms with van der Waals surface area (Å²) >= 11 is 0. The first-order valence-corrected chi connectivity index (χ1v) is 6.06. The van der Waals surface area contributed by atoms with Crippen molar-refractivity contribution in [1.29, 1.82) is 4.78 Å². The van der Waals surface area contributed by atoms with Gasteiger partial charge in [-0.15, -0.1) is 0 Å². The van der Waals surface area contributed by atoms with E-state index in [1.54, 1.807) is 48.5 Å². The molecule has 17 heavy (non-hydrogen) atoms. The van der Waals surface area contributed by atoms with E-state index in [0.29, 0.717) is 22.1 Å². The minimum absolute atomic E-state index is 0.415. The van der Waals surface area contributed by atoms with Crippen LogP contribution in [0.3, 0.4) is 0 Å². The SMILES string of the molecule is N=[S-](=O)c1cccc(Oc2ccc(N)cc2)c1. The predicted molar refractivity (Wildman–Crippen MR) is 66.4 cm³/mol. The number of ether oxygens (including phenoxy) is 1. The normalized spacial score (nSPS) is 10.4. The summed E-state index contributed by atoms with van der Waals surface area (Å²) in [7, 11) is -1.75. The van der Waals surface area contributed by atoms with E-state index in [0.717, 1.165) is 0 Å². The number of hydrogen-bond acceptors (Lipinski definition) is 5. The molecule has 0 aliphatic heterocycles. The number of nitrogens with two attached hydrogens (primary N) is 1. The molecule has 0 saturated carbocycles. The molecule has 0 spiro atoms. The Morgan fingerprint density at radius 1 is 1.06 bits per heavy atom. The highest BCUT2D eigenvalue weighted by molar-refractivity contribution is 7.73. The van der Waals surface area contributed by atoms with Gasteiger partial charge in [0.25, 0.3) is 0 Å². The summed E-state index contributed by atoms with van der Waals surface area (Å²) in [4.78, 5) is 0.415. The quantitative estimate of drug-likeness (QED) is 0.646. The molecule has 2 aromatic carbocycles. The average Bonchev–Trinajstić information content (AvgIpc) is 2.32. The molecule has 88 valence electrons. The van der Waals surface area contributed by atoms with Gasteiger partial charge in [0.2, 0.25) is 0 Å². The molecule has 0 aliphatic carbocycles. The Kier molecular flexibility index (Phi) is 3.30. The van der Waals surface area contributed by atoms with E-state index in [2.05, 4.69) is 0 Å². The summed E-state index contributed by atoms with van der Waals surface area (Å²) in [5.74, 6) is 1.19. The van der Waals surface area contributed by atoms with Crippen LogP contribution in [-0.2, 0) is 14.8 Å². The summed E-state index contributed by atoms with van der Waals surface area (Å²) in [6.45, 7) is 0. The van der Waals surface area contributed by atoms with E-state index in [4.69, 9.17) is 15.3 Å². The molecule has 0 heterocycles. The van der Waals surface area contributed by atoms with Crippen LogP contribution in [-0.4, -0.2) is 0 Å². The molecule has 0 radical (unpaired) electrons. The van der Waals surface area contributed by atoms with Crippen molar-refractivity contribution in [2.45, 2.75) is 4.90 Å². The third kappa shape index (κ3) is 2.98. The van der Waals surface area contributed by atoms with Crippen LogP contribution in [0.2, 0.25) is 0 Å². The van der Waals surface area contributed by atoms with E-state index < -0.39 is 10.6 Å². The Balaban J connectivity index is 2.24. The zero-order valence-electron chi connectivity index (χ0n) is 8.92. The molecule has 0 atom stereocenters. The molecular weight excluding hydrogens is 236 g/mol. The Bertz CT molecular complexity index is 584. The van der Waals surface area contributed by atoms with E-state index in [9.17, 15) is 4.21 Å². The van der Waals surface area contributed by atoms with Crippen molar-refractivity contribution < 1.29 is 8.95 Å². The molecular formula is C12H11N2O2S-. The molecule has 0 saturated heterocycles. The fourth-order valence-corrected chi connectivity index (χ4v) is 1.75. The summed E-state index contributed by atoms with van der Waals surface area (Å²) in [5, 5.41) is 0. The van der Waals surface area contributed by atoms with Gasteiger partial charge in [-0.05, 0) is 36.4 Å². The fraction of sp³-hybridized carbons (Fsp3) is 0. The van der Waals surface area contributed by atoms with Gasteiger partial charge in [0.05, 0.1) is 0 Å². The average molecular weight is 247 g/mol. The highest BCUT2D eigenvalue weighted by atomic mass is 32.2. The number of nitrogens with one attached hydrogen (secondary N) is 1. The Morgan fingerprint density at radius 3 is 2.41 bits per heavy atom. The summed E-state index contributed by atoms with van der Waals surface area (Å²) in [5.41, 5.74) is 6.23. The largest absolute Gasteiger partial charge is 0.457 e. The lowest BCUT2D eigenvalue weighted by atomic mass is 10.3. The predicted octanol–water partition coefficient (Wildman–Crippen LogP) is 3.15. The lowest BCUT2D eigenvalue weighted by molar-refractivity contribution is 0.481. The number of benzene rings is 2. The first kappa shape index (κ1) is 11.5. The van der Waals surface area contributed by atoms with Gasteiger partial charge >= 0.3 is 0 Å². The van der Waals surface area contributed by atoms with Crippen LogP contribution in [0.4, 0.5) is 5.69 Å². The third-order valence-electron chi connectivity index (χ3n) is 2.14. The number of nitrogen functional groups attached to an aromatic ring is 1. The minimum atomic E-state index is -1.75. The van der Waals surface area contributed by atoms with Gasteiger partial charge < -0.3 is 19.5 Å². The first-order chi connectivity index (χ1) is 8.15. The second kappa shape index (κ2) is 4.88. The van der Waals surface area contributed by atoms with E-state index in [1.165, 1.54) is 0 Å². The van der Waals surface area contributed by atoms with E-state index >= 15 is 0 Å². The summed E-state index contributed by atoms with van der Waals surface area (Å²) in [6.07, 6.45) is 0. The molecule has 0 fully saturated rings. The van der Waals surface area contributed by atoms with Crippen molar-refractivity contribution in [2.75, 3.05) is 5.73 Å². The minimum Gasteiger partial charge on any atom is -0.457 e. The van der Waals surface area contributed by atoms with Crippen LogP contribution in [0.1, 0.15) is 0 Å². The maximum Gasteiger partial charge on any atom is 0.127 e. The van der Waals surface area contributed by atoms with Crippen LogP contribution in [0.5, 0.6) is 11.5 Å². The van der Waals surface area contributed by atoms with Gasteiger partial charge in [-0.3, -0.25) is 0 Å². The Labute approximate surface area is 101 Å². The molecule has 4 nitrogen and oxygen atoms in total. The number of anilines is 1. The standard InChI is InChI=1S/C12H11N2O2S/c13-9-4-6-10(7-5-9)16-11-2-1-3-12(8-11)17(14)15/h1-8,14H,13H2/q-1. The van der Waals surface area contributed by atoms with Gasteiger partial charge in [-0.1, -0.05) is 17.0 Å². The molecule has 0 unspecified atom stereocenters. The summed E-state index contributed by atoms with van der Waals surface area (Å²) < 4.78 is 23.7. The van der Waals surface area contributed by atoms with E-state index in [-0.39, 0.29) is 0 Å². The lowest BCUT2D eigenvalue weighted by Crippen LogP contribution is -1.87. The first-order valence-electron chi connectivity index (χ1n) is 4.91. The molecule has 0 bridgehead atoms. The second-order valence-electron chi connectivity index (χ2n) is 3.41. The lowest BCUT2D eigenvalue weighted by Gasteiger charge is -2.08. The van der Waals surface area contributed by atoms with Gasteiger partial charge in [-0.2, -0.15) is 10.6 Å². The van der Waals surface area contributed by atoms with Crippen LogP contribution in [0.25, 0.3) is 0 Å². The van der Waals surface area contributed by atoms with Crippen LogP contribution >= 0.6 is 0 Å². The zero-order chi connectivity index (χ0) is 12.3. The molecule has 3 N–H and O–H groups in total. The van der Waals surface area contributed by atoms with Gasteiger partial charge in [0.15, 0.2) is 0 Å². The fourth-order valence-electron chi connectivity index (χ4n) is 1.32. The number of rotatable bonds is 3. The van der Waals surface area contributed by atoms with E-state index in [1.807, 2.05) is 0 Å². The van der Waals surface area contributed by atoms with Crippen LogP contribution in [0.15, 0.2) is 53.4 Å². The molecule has 2 aromatic rings. The van der Waals surface area contributed by atoms with Crippen molar-refractivity contribution in [3.05, 3.63) is 48.5 Å². The smallest absolute Gasteiger partial charge is 0.127 e. The van der Waals surface area contributed by atoms with Crippen molar-refractivity contribution in [3.8, 4) is 11.5 Å². The van der Waals surface area contributed by atoms with Gasteiger partial charge in [0, 0.05) is 5.69 Å². The zero-order valence-corrected chi connectivity index (χ0v) is 9.74. The molecule has 5 heteroatoms. The molecule has 0 aromatic heterocycles.